The Morgan fingerprint density at radius 2 is 1.89 bits per heavy atom. The van der Waals surface area contributed by atoms with Gasteiger partial charge in [-0.1, -0.05) is 0 Å². The van der Waals surface area contributed by atoms with Crippen molar-refractivity contribution in [2.75, 3.05) is 31.5 Å². The van der Waals surface area contributed by atoms with Crippen molar-refractivity contribution >= 4 is 45.3 Å². The van der Waals surface area contributed by atoms with Gasteiger partial charge in [0.05, 0.1) is 28.1 Å². The molecule has 0 spiro atoms. The number of hydrogen-bond donors (Lipinski definition) is 2. The lowest BCUT2D eigenvalue weighted by molar-refractivity contribution is 0.0758. The second-order valence-corrected chi connectivity index (χ2v) is 11.5. The lowest BCUT2D eigenvalue weighted by atomic mass is 10.1. The number of primary amides is 1. The Kier molecular flexibility index (Phi) is 8.46. The molecule has 11 heteroatoms. The van der Waals surface area contributed by atoms with E-state index in [0.717, 1.165) is 42.3 Å². The van der Waals surface area contributed by atoms with Gasteiger partial charge in [-0.05, 0) is 59.2 Å². The van der Waals surface area contributed by atoms with E-state index in [1.165, 1.54) is 22.7 Å². The highest BCUT2D eigenvalue weighted by Gasteiger charge is 2.25. The summed E-state index contributed by atoms with van der Waals surface area (Å²) in [7, 11) is 0. The van der Waals surface area contributed by atoms with E-state index in [-0.39, 0.29) is 12.0 Å². The van der Waals surface area contributed by atoms with Crippen LogP contribution in [0.2, 0.25) is 0 Å². The molecule has 1 aromatic carbocycles. The van der Waals surface area contributed by atoms with Gasteiger partial charge in [0.15, 0.2) is 10.1 Å². The molecule has 0 atom stereocenters. The summed E-state index contributed by atoms with van der Waals surface area (Å²) >= 11 is 2.81. The zero-order valence-corrected chi connectivity index (χ0v) is 23.5. The van der Waals surface area contributed by atoms with Crippen molar-refractivity contribution in [3.05, 3.63) is 39.8 Å². The first-order chi connectivity index (χ1) is 17.6. The minimum Gasteiger partial charge on any atom is -0.489 e. The molecule has 0 unspecified atom stereocenters. The van der Waals surface area contributed by atoms with Gasteiger partial charge in [0, 0.05) is 43.2 Å². The maximum absolute atomic E-state index is 13.3. The average Bonchev–Trinajstić information content (AvgIpc) is 3.37. The van der Waals surface area contributed by atoms with Crippen LogP contribution in [0.5, 0.6) is 5.75 Å². The smallest absolute Gasteiger partial charge is 0.282 e. The van der Waals surface area contributed by atoms with Crippen LogP contribution in [0.25, 0.3) is 10.6 Å². The van der Waals surface area contributed by atoms with E-state index in [9.17, 15) is 9.59 Å². The number of nitrogens with one attached hydrogen (secondary N) is 1. The van der Waals surface area contributed by atoms with Gasteiger partial charge in [0.2, 0.25) is 5.91 Å². The molecule has 0 radical (unpaired) electrons. The topological polar surface area (TPSA) is 114 Å². The molecule has 9 nitrogen and oxygen atoms in total. The summed E-state index contributed by atoms with van der Waals surface area (Å²) in [6, 6.07) is 5.51. The second-order valence-electron chi connectivity index (χ2n) is 9.61. The van der Waals surface area contributed by atoms with E-state index in [1.54, 1.807) is 18.2 Å². The fourth-order valence-corrected chi connectivity index (χ4v) is 5.99. The molecular formula is C26H34N6O3S2. The minimum atomic E-state index is -0.516. The summed E-state index contributed by atoms with van der Waals surface area (Å²) in [6.07, 6.45) is 0.919. The van der Waals surface area contributed by atoms with Crippen LogP contribution in [-0.2, 0) is 0 Å². The van der Waals surface area contributed by atoms with Gasteiger partial charge in [-0.2, -0.15) is 0 Å². The van der Waals surface area contributed by atoms with Gasteiger partial charge < -0.3 is 20.7 Å². The molecule has 198 valence electrons. The van der Waals surface area contributed by atoms with E-state index < -0.39 is 5.91 Å². The van der Waals surface area contributed by atoms with Crippen LogP contribution in [0.15, 0.2) is 23.6 Å². The quantitative estimate of drug-likeness (QED) is 0.422. The number of hydrogen-bond acceptors (Lipinski definition) is 9. The summed E-state index contributed by atoms with van der Waals surface area (Å²) in [5.74, 6) is 0.0714. The second kappa shape index (κ2) is 11.6. The van der Waals surface area contributed by atoms with Gasteiger partial charge in [-0.25, -0.2) is 9.97 Å². The summed E-state index contributed by atoms with van der Waals surface area (Å²) in [4.78, 5) is 39.5. The van der Waals surface area contributed by atoms with Gasteiger partial charge in [-0.3, -0.25) is 14.5 Å². The number of aryl methyl sites for hydroxylation is 1. The lowest BCUT2D eigenvalue weighted by Crippen LogP contribution is -2.37. The molecule has 2 aromatic heterocycles. The molecular weight excluding hydrogens is 508 g/mol. The highest BCUT2D eigenvalue weighted by Crippen LogP contribution is 2.36. The van der Waals surface area contributed by atoms with Crippen LogP contribution in [0.3, 0.4) is 0 Å². The maximum Gasteiger partial charge on any atom is 0.282 e. The Morgan fingerprint density at radius 1 is 1.11 bits per heavy atom. The van der Waals surface area contributed by atoms with Crippen molar-refractivity contribution in [2.45, 2.75) is 53.2 Å². The average molecular weight is 543 g/mol. The van der Waals surface area contributed by atoms with Crippen LogP contribution < -0.4 is 15.8 Å². The first kappa shape index (κ1) is 27.0. The fraction of sp³-hybridized carbons (Fsp3) is 0.462. The van der Waals surface area contributed by atoms with E-state index in [4.69, 9.17) is 15.5 Å². The van der Waals surface area contributed by atoms with Crippen molar-refractivity contribution in [1.29, 1.82) is 0 Å². The van der Waals surface area contributed by atoms with Crippen LogP contribution in [-0.4, -0.2) is 69.9 Å². The number of amides is 2. The molecule has 1 aliphatic heterocycles. The highest BCUT2D eigenvalue weighted by molar-refractivity contribution is 7.18. The zero-order chi connectivity index (χ0) is 26.7. The molecule has 3 heterocycles. The summed E-state index contributed by atoms with van der Waals surface area (Å²) in [6.45, 7) is 13.5. The molecule has 4 rings (SSSR count). The van der Waals surface area contributed by atoms with Crippen molar-refractivity contribution in [1.82, 2.24) is 19.8 Å². The number of rotatable bonds is 8. The predicted molar refractivity (Wildman–Crippen MR) is 149 cm³/mol. The number of ether oxygens (including phenoxy) is 1. The standard InChI is InChI=1S/C26H34N6O3S2/c1-15(2)31-9-6-10-32(12-11-31)25(34)24-28-17(5)22(37-24)20-14-36-26(30-20)29-19-13-18(23(27)33)7-8-21(19)35-16(3)4/h7-8,13-16H,6,9-12H2,1-5H3,(H2,27,33)(H,29,30). The van der Waals surface area contributed by atoms with E-state index in [0.29, 0.717) is 39.7 Å². The van der Waals surface area contributed by atoms with Crippen molar-refractivity contribution < 1.29 is 14.3 Å². The molecule has 3 N–H and O–H groups in total. The Labute approximate surface area is 225 Å². The molecule has 2 amide bonds. The van der Waals surface area contributed by atoms with E-state index in [2.05, 4.69) is 29.0 Å². The van der Waals surface area contributed by atoms with Gasteiger partial charge in [0.1, 0.15) is 5.75 Å². The molecule has 1 saturated heterocycles. The van der Waals surface area contributed by atoms with Crippen molar-refractivity contribution in [3.8, 4) is 16.3 Å². The number of nitrogens with two attached hydrogens (primary N) is 1. The molecule has 3 aromatic rings. The van der Waals surface area contributed by atoms with Crippen LogP contribution in [0, 0.1) is 6.92 Å². The Balaban J connectivity index is 1.52. The van der Waals surface area contributed by atoms with E-state index >= 15 is 0 Å². The Bertz CT molecular complexity index is 1270. The lowest BCUT2D eigenvalue weighted by Gasteiger charge is -2.24. The number of thiazole rings is 2. The molecule has 0 bridgehead atoms. The summed E-state index contributed by atoms with van der Waals surface area (Å²) < 4.78 is 5.89. The number of aromatic nitrogens is 2. The largest absolute Gasteiger partial charge is 0.489 e. The number of anilines is 2. The monoisotopic (exact) mass is 542 g/mol. The number of benzene rings is 1. The van der Waals surface area contributed by atoms with Crippen LogP contribution in [0.1, 0.15) is 60.0 Å². The van der Waals surface area contributed by atoms with Crippen molar-refractivity contribution in [2.24, 2.45) is 5.73 Å². The first-order valence-electron chi connectivity index (χ1n) is 12.5. The minimum absolute atomic E-state index is 0.0164. The van der Waals surface area contributed by atoms with Crippen molar-refractivity contribution in [3.63, 3.8) is 0 Å². The predicted octanol–water partition coefficient (Wildman–Crippen LogP) is 4.76. The number of carbonyl (C=O) groups is 2. The third-order valence-electron chi connectivity index (χ3n) is 6.13. The SMILES string of the molecule is Cc1nc(C(=O)N2CCCN(C(C)C)CC2)sc1-c1csc(Nc2cc(C(N)=O)ccc2OC(C)C)n1. The fourth-order valence-electron chi connectivity index (χ4n) is 4.21. The summed E-state index contributed by atoms with van der Waals surface area (Å²) in [5.41, 5.74) is 7.99. The molecule has 37 heavy (non-hydrogen) atoms. The highest BCUT2D eigenvalue weighted by atomic mass is 32.1. The van der Waals surface area contributed by atoms with E-state index in [1.807, 2.05) is 31.1 Å². The maximum atomic E-state index is 13.3. The number of nitrogens with zero attached hydrogens (tertiary/aromatic N) is 4. The molecule has 0 saturated carbocycles. The molecule has 1 aliphatic rings. The van der Waals surface area contributed by atoms with Crippen LogP contribution >= 0.6 is 22.7 Å². The molecule has 0 aliphatic carbocycles. The summed E-state index contributed by atoms with van der Waals surface area (Å²) in [5, 5.41) is 6.33. The van der Waals surface area contributed by atoms with Gasteiger partial charge in [-0.15, -0.1) is 22.7 Å². The molecule has 1 fully saturated rings. The van der Waals surface area contributed by atoms with Crippen LogP contribution in [0.4, 0.5) is 10.8 Å². The Hall–Kier alpha value is -3.02. The Morgan fingerprint density at radius 3 is 2.59 bits per heavy atom. The first-order valence-corrected chi connectivity index (χ1v) is 14.2. The third-order valence-corrected chi connectivity index (χ3v) is 8.06. The van der Waals surface area contributed by atoms with Gasteiger partial charge in [0.25, 0.3) is 5.91 Å². The zero-order valence-electron chi connectivity index (χ0n) is 21.9. The number of carbonyl (C=O) groups excluding carboxylic acids is 2. The van der Waals surface area contributed by atoms with Gasteiger partial charge >= 0.3 is 0 Å². The normalized spacial score (nSPS) is 14.7. The third kappa shape index (κ3) is 6.46.